The van der Waals surface area contributed by atoms with E-state index >= 15 is 0 Å². The van der Waals surface area contributed by atoms with E-state index in [0.29, 0.717) is 23.2 Å². The normalized spacial score (nSPS) is 14.4. The van der Waals surface area contributed by atoms with Gasteiger partial charge in [-0.25, -0.2) is 4.98 Å². The van der Waals surface area contributed by atoms with Crippen LogP contribution in [0.3, 0.4) is 0 Å². The Morgan fingerprint density at radius 2 is 2.06 bits per heavy atom. The summed E-state index contributed by atoms with van der Waals surface area (Å²) in [6, 6.07) is 4.23. The lowest BCUT2D eigenvalue weighted by Gasteiger charge is -2.37. The van der Waals surface area contributed by atoms with Gasteiger partial charge in [-0.1, -0.05) is 18.2 Å². The number of carbonyl (C=O) groups excluding carboxylic acids is 1. The van der Waals surface area contributed by atoms with Crippen molar-refractivity contribution in [3.8, 4) is 5.75 Å². The molecule has 0 bridgehead atoms. The van der Waals surface area contributed by atoms with Crippen molar-refractivity contribution in [3.05, 3.63) is 36.0 Å². The summed E-state index contributed by atoms with van der Waals surface area (Å²) in [6.45, 7) is 5.29. The van der Waals surface area contributed by atoms with Gasteiger partial charge < -0.3 is 30.9 Å². The van der Waals surface area contributed by atoms with Crippen molar-refractivity contribution in [1.82, 2.24) is 14.9 Å². The standard InChI is InChI=1S/C21H28ClN7O2/c1-5-19(30)25-15-10-16(26-21-24-12-14(22)20(23)27-21)18(31-4)11-17(15)29-8-6-13(7-9-29)28(2)3/h5,10-13H,1,6-9H2,2-4H3,(H,25,30)(H3,23,24,26,27). The smallest absolute Gasteiger partial charge is 0.247 e. The minimum Gasteiger partial charge on any atom is -0.494 e. The van der Waals surface area contributed by atoms with Gasteiger partial charge >= 0.3 is 0 Å². The number of nitrogen functional groups attached to an aromatic ring is 1. The first kappa shape index (κ1) is 22.6. The van der Waals surface area contributed by atoms with Gasteiger partial charge in [0.25, 0.3) is 0 Å². The maximum atomic E-state index is 12.1. The molecule has 1 aromatic heterocycles. The number of rotatable bonds is 7. The fourth-order valence-corrected chi connectivity index (χ4v) is 3.66. The van der Waals surface area contributed by atoms with E-state index in [0.717, 1.165) is 31.6 Å². The van der Waals surface area contributed by atoms with Crippen molar-refractivity contribution in [2.45, 2.75) is 18.9 Å². The summed E-state index contributed by atoms with van der Waals surface area (Å²) >= 11 is 5.91. The Hall–Kier alpha value is -3.04. The van der Waals surface area contributed by atoms with E-state index in [1.54, 1.807) is 13.2 Å². The second-order valence-corrected chi connectivity index (χ2v) is 7.90. The van der Waals surface area contributed by atoms with Gasteiger partial charge in [0, 0.05) is 25.2 Å². The highest BCUT2D eigenvalue weighted by molar-refractivity contribution is 6.32. The van der Waals surface area contributed by atoms with E-state index in [2.05, 4.69) is 51.1 Å². The lowest BCUT2D eigenvalue weighted by molar-refractivity contribution is -0.111. The maximum Gasteiger partial charge on any atom is 0.247 e. The number of nitrogens with zero attached hydrogens (tertiary/aromatic N) is 4. The van der Waals surface area contributed by atoms with Gasteiger partial charge in [0.05, 0.1) is 30.4 Å². The molecule has 3 rings (SSSR count). The van der Waals surface area contributed by atoms with Crippen LogP contribution in [-0.2, 0) is 4.79 Å². The highest BCUT2D eigenvalue weighted by Gasteiger charge is 2.24. The number of hydrogen-bond acceptors (Lipinski definition) is 8. The van der Waals surface area contributed by atoms with Crippen molar-refractivity contribution in [2.24, 2.45) is 0 Å². The molecular formula is C21H28ClN7O2. The molecule has 0 unspecified atom stereocenters. The lowest BCUT2D eigenvalue weighted by Crippen LogP contribution is -2.42. The summed E-state index contributed by atoms with van der Waals surface area (Å²) < 4.78 is 5.61. The topological polar surface area (TPSA) is 109 Å². The molecule has 1 aromatic carbocycles. The number of nitrogens with one attached hydrogen (secondary N) is 2. The van der Waals surface area contributed by atoms with Crippen molar-refractivity contribution >= 4 is 46.3 Å². The third kappa shape index (κ3) is 5.36. The number of halogens is 1. The van der Waals surface area contributed by atoms with Gasteiger partial charge in [-0.3, -0.25) is 4.79 Å². The predicted molar refractivity (Wildman–Crippen MR) is 125 cm³/mol. The minimum absolute atomic E-state index is 0.165. The van der Waals surface area contributed by atoms with Crippen molar-refractivity contribution < 1.29 is 9.53 Å². The summed E-state index contributed by atoms with van der Waals surface area (Å²) in [5, 5.41) is 6.26. The summed E-state index contributed by atoms with van der Waals surface area (Å²) in [4.78, 5) is 24.9. The summed E-state index contributed by atoms with van der Waals surface area (Å²) in [5.74, 6) is 0.713. The highest BCUT2D eigenvalue weighted by Crippen LogP contribution is 2.39. The van der Waals surface area contributed by atoms with E-state index in [9.17, 15) is 4.79 Å². The van der Waals surface area contributed by atoms with Crippen LogP contribution in [0.1, 0.15) is 12.8 Å². The largest absolute Gasteiger partial charge is 0.494 e. The lowest BCUT2D eigenvalue weighted by atomic mass is 10.0. The molecule has 10 heteroatoms. The first-order valence-electron chi connectivity index (χ1n) is 9.94. The molecule has 1 amide bonds. The van der Waals surface area contributed by atoms with E-state index < -0.39 is 0 Å². The van der Waals surface area contributed by atoms with Gasteiger partial charge in [0.1, 0.15) is 16.6 Å². The predicted octanol–water partition coefficient (Wildman–Crippen LogP) is 3.12. The zero-order chi connectivity index (χ0) is 22.5. The zero-order valence-corrected chi connectivity index (χ0v) is 18.7. The number of ether oxygens (including phenoxy) is 1. The number of amides is 1. The number of piperidine rings is 1. The number of anilines is 5. The highest BCUT2D eigenvalue weighted by atomic mass is 35.5. The average Bonchev–Trinajstić information content (AvgIpc) is 2.76. The van der Waals surface area contributed by atoms with Crippen LogP contribution in [0, 0.1) is 0 Å². The molecule has 1 aliphatic heterocycles. The van der Waals surface area contributed by atoms with Gasteiger partial charge in [0.15, 0.2) is 0 Å². The van der Waals surface area contributed by atoms with Crippen LogP contribution in [0.15, 0.2) is 31.0 Å². The van der Waals surface area contributed by atoms with Crippen LogP contribution in [0.5, 0.6) is 5.75 Å². The quantitative estimate of drug-likeness (QED) is 0.558. The SMILES string of the molecule is C=CC(=O)Nc1cc(Nc2ncc(Cl)c(N)n2)c(OC)cc1N1CCC(N(C)C)CC1. The Labute approximate surface area is 187 Å². The second-order valence-electron chi connectivity index (χ2n) is 7.50. The van der Waals surface area contributed by atoms with Gasteiger partial charge in [-0.15, -0.1) is 0 Å². The first-order chi connectivity index (χ1) is 14.8. The molecule has 166 valence electrons. The third-order valence-electron chi connectivity index (χ3n) is 5.31. The zero-order valence-electron chi connectivity index (χ0n) is 18.0. The van der Waals surface area contributed by atoms with Crippen LogP contribution in [0.25, 0.3) is 0 Å². The van der Waals surface area contributed by atoms with E-state index in [1.807, 2.05) is 6.07 Å². The number of benzene rings is 1. The Bertz CT molecular complexity index is 959. The Morgan fingerprint density at radius 1 is 1.35 bits per heavy atom. The Morgan fingerprint density at radius 3 is 2.65 bits per heavy atom. The van der Waals surface area contributed by atoms with Gasteiger partial charge in [-0.2, -0.15) is 4.98 Å². The van der Waals surface area contributed by atoms with E-state index in [4.69, 9.17) is 22.1 Å². The molecule has 2 heterocycles. The molecule has 0 spiro atoms. The second kappa shape index (κ2) is 9.84. The molecule has 1 aliphatic rings. The van der Waals surface area contributed by atoms with Gasteiger partial charge in [-0.05, 0) is 39.1 Å². The summed E-state index contributed by atoms with van der Waals surface area (Å²) in [6.07, 6.45) is 4.72. The first-order valence-corrected chi connectivity index (χ1v) is 10.3. The Balaban J connectivity index is 1.95. The molecule has 1 fully saturated rings. The number of aromatic nitrogens is 2. The van der Waals surface area contributed by atoms with Crippen LogP contribution in [-0.4, -0.2) is 61.1 Å². The van der Waals surface area contributed by atoms with Crippen molar-refractivity contribution in [1.29, 1.82) is 0 Å². The molecule has 9 nitrogen and oxygen atoms in total. The fourth-order valence-electron chi connectivity index (χ4n) is 3.57. The van der Waals surface area contributed by atoms with Crippen LogP contribution in [0.4, 0.5) is 28.8 Å². The van der Waals surface area contributed by atoms with Crippen molar-refractivity contribution in [2.75, 3.05) is 55.6 Å². The molecule has 0 atom stereocenters. The maximum absolute atomic E-state index is 12.1. The fraction of sp³-hybridized carbons (Fsp3) is 0.381. The van der Waals surface area contributed by atoms with Crippen molar-refractivity contribution in [3.63, 3.8) is 0 Å². The molecule has 4 N–H and O–H groups in total. The Kier molecular flexibility index (Phi) is 7.19. The molecule has 1 saturated heterocycles. The number of carbonyl (C=O) groups is 1. The summed E-state index contributed by atoms with van der Waals surface area (Å²) in [7, 11) is 5.79. The molecule has 0 radical (unpaired) electrons. The monoisotopic (exact) mass is 445 g/mol. The number of nitrogens with two attached hydrogens (primary N) is 1. The van der Waals surface area contributed by atoms with Crippen LogP contribution < -0.4 is 26.0 Å². The molecular weight excluding hydrogens is 418 g/mol. The number of hydrogen-bond donors (Lipinski definition) is 3. The summed E-state index contributed by atoms with van der Waals surface area (Å²) in [5.41, 5.74) is 7.88. The van der Waals surface area contributed by atoms with E-state index in [-0.39, 0.29) is 22.7 Å². The molecule has 0 aliphatic carbocycles. The molecule has 0 saturated carbocycles. The third-order valence-corrected chi connectivity index (χ3v) is 5.61. The molecule has 2 aromatic rings. The number of methoxy groups -OCH3 is 1. The minimum atomic E-state index is -0.299. The molecule has 31 heavy (non-hydrogen) atoms. The van der Waals surface area contributed by atoms with Crippen LogP contribution in [0.2, 0.25) is 5.02 Å². The van der Waals surface area contributed by atoms with Crippen LogP contribution >= 0.6 is 11.6 Å². The van der Waals surface area contributed by atoms with Gasteiger partial charge in [0.2, 0.25) is 11.9 Å². The average molecular weight is 446 g/mol. The van der Waals surface area contributed by atoms with E-state index in [1.165, 1.54) is 12.3 Å².